The number of primary sulfonamides is 1. The number of rotatable bonds is 4. The maximum atomic E-state index is 11.3. The maximum absolute atomic E-state index is 11.3. The molecule has 6 N–H and O–H groups in total. The van der Waals surface area contributed by atoms with Gasteiger partial charge in [-0.3, -0.25) is 4.55 Å². The van der Waals surface area contributed by atoms with Gasteiger partial charge in [-0.2, -0.15) is 8.42 Å². The second-order valence-corrected chi connectivity index (χ2v) is 8.69. The zero-order chi connectivity index (χ0) is 20.0. The van der Waals surface area contributed by atoms with Gasteiger partial charge in [0.25, 0.3) is 10.1 Å². The van der Waals surface area contributed by atoms with Gasteiger partial charge in [0.2, 0.25) is 10.0 Å². The summed E-state index contributed by atoms with van der Waals surface area (Å²) < 4.78 is 54.1. The smallest absolute Gasteiger partial charge is 0.294 e. The van der Waals surface area contributed by atoms with E-state index in [-0.39, 0.29) is 22.1 Å². The molecule has 0 spiro atoms. The highest BCUT2D eigenvalue weighted by molar-refractivity contribution is 7.89. The highest BCUT2D eigenvalue weighted by Crippen LogP contribution is 2.34. The predicted octanol–water partition coefficient (Wildman–Crippen LogP) is 1.89. The largest absolute Gasteiger partial charge is 0.507 e. The van der Waals surface area contributed by atoms with Crippen LogP contribution in [0.5, 0.6) is 11.5 Å². The van der Waals surface area contributed by atoms with Gasteiger partial charge >= 0.3 is 0 Å². The average Bonchev–Trinajstić information content (AvgIpc) is 2.55. The summed E-state index contributed by atoms with van der Waals surface area (Å²) in [6, 6.07) is 10.2. The van der Waals surface area contributed by atoms with Crippen molar-refractivity contribution in [2.24, 2.45) is 5.14 Å². The highest BCUT2D eigenvalue weighted by Gasteiger charge is 2.14. The molecule has 0 aromatic heterocycles. The van der Waals surface area contributed by atoms with Crippen molar-refractivity contribution in [3.05, 3.63) is 48.5 Å². The first kappa shape index (κ1) is 18.9. The Hall–Kier alpha value is -2.86. The van der Waals surface area contributed by atoms with E-state index in [9.17, 15) is 27.0 Å². The van der Waals surface area contributed by atoms with E-state index in [0.29, 0.717) is 16.5 Å². The van der Waals surface area contributed by atoms with Crippen molar-refractivity contribution in [1.29, 1.82) is 0 Å². The van der Waals surface area contributed by atoms with E-state index in [4.69, 9.17) is 9.69 Å². The third kappa shape index (κ3) is 3.95. The molecule has 0 atom stereocenters. The van der Waals surface area contributed by atoms with Gasteiger partial charge in [-0.05, 0) is 35.7 Å². The molecule has 0 radical (unpaired) electrons. The molecule has 0 heterocycles. The van der Waals surface area contributed by atoms with E-state index in [1.807, 2.05) is 0 Å². The van der Waals surface area contributed by atoms with Gasteiger partial charge < -0.3 is 15.5 Å². The summed E-state index contributed by atoms with van der Waals surface area (Å²) in [4.78, 5) is -0.691. The number of hydrogen-bond donors (Lipinski definition) is 5. The van der Waals surface area contributed by atoms with Crippen molar-refractivity contribution in [3.8, 4) is 11.5 Å². The van der Waals surface area contributed by atoms with Gasteiger partial charge in [-0.15, -0.1) is 0 Å². The van der Waals surface area contributed by atoms with Crippen LogP contribution < -0.4 is 10.5 Å². The average molecular weight is 410 g/mol. The Morgan fingerprint density at radius 2 is 1.48 bits per heavy atom. The molecule has 11 heteroatoms. The molecule has 3 aromatic carbocycles. The summed E-state index contributed by atoms with van der Waals surface area (Å²) in [5.41, 5.74) is 0.617. The number of anilines is 2. The summed E-state index contributed by atoms with van der Waals surface area (Å²) in [6.45, 7) is 0. The normalized spacial score (nSPS) is 12.2. The molecule has 0 aliphatic rings. The van der Waals surface area contributed by atoms with Gasteiger partial charge in [0, 0.05) is 23.2 Å². The molecule has 0 unspecified atom stereocenters. The predicted molar refractivity (Wildman–Crippen MR) is 98.2 cm³/mol. The van der Waals surface area contributed by atoms with E-state index in [1.165, 1.54) is 30.3 Å². The molecule has 3 rings (SSSR count). The standard InChI is InChI=1S/C16H14N2O7S2/c17-26(21,22)11-3-4-14(16(20)7-11)18-10-2-1-9-5-12(27(23,24)25)8-15(19)13(9)6-10/h1-8,18-20H,(H2,17,21,22)(H,23,24,25). The molecule has 142 valence electrons. The molecular weight excluding hydrogens is 396 g/mol. The van der Waals surface area contributed by atoms with Crippen LogP contribution in [-0.4, -0.2) is 31.6 Å². The molecule has 0 saturated carbocycles. The molecule has 0 fully saturated rings. The Balaban J connectivity index is 2.00. The number of aromatic hydroxyl groups is 2. The fourth-order valence-electron chi connectivity index (χ4n) is 2.49. The highest BCUT2D eigenvalue weighted by atomic mass is 32.2. The lowest BCUT2D eigenvalue weighted by atomic mass is 10.1. The molecule has 27 heavy (non-hydrogen) atoms. The minimum atomic E-state index is -4.47. The summed E-state index contributed by atoms with van der Waals surface area (Å²) in [5.74, 6) is -0.717. The van der Waals surface area contributed by atoms with Crippen molar-refractivity contribution in [2.75, 3.05) is 5.32 Å². The van der Waals surface area contributed by atoms with Crippen LogP contribution in [0.25, 0.3) is 10.8 Å². The monoisotopic (exact) mass is 410 g/mol. The van der Waals surface area contributed by atoms with Crippen molar-refractivity contribution in [2.45, 2.75) is 9.79 Å². The molecular formula is C16H14N2O7S2. The number of phenolic OH excluding ortho intramolecular Hbond substituents is 2. The quantitative estimate of drug-likeness (QED) is 0.321. The van der Waals surface area contributed by atoms with E-state index in [0.717, 1.165) is 12.1 Å². The number of benzene rings is 3. The first-order valence-corrected chi connectivity index (χ1v) is 10.3. The summed E-state index contributed by atoms with van der Waals surface area (Å²) in [7, 11) is -8.42. The lowest BCUT2D eigenvalue weighted by Crippen LogP contribution is -2.11. The molecule has 0 amide bonds. The van der Waals surface area contributed by atoms with E-state index >= 15 is 0 Å². The number of hydrogen-bond acceptors (Lipinski definition) is 7. The third-order valence-electron chi connectivity index (χ3n) is 3.78. The first-order chi connectivity index (χ1) is 12.4. The van der Waals surface area contributed by atoms with Crippen molar-refractivity contribution < 1.29 is 31.6 Å². The van der Waals surface area contributed by atoms with Gasteiger partial charge in [0.15, 0.2) is 0 Å². The van der Waals surface area contributed by atoms with Crippen molar-refractivity contribution in [1.82, 2.24) is 0 Å². The molecule has 0 aliphatic heterocycles. The first-order valence-electron chi connectivity index (χ1n) is 7.32. The number of nitrogens with two attached hydrogens (primary N) is 1. The zero-order valence-corrected chi connectivity index (χ0v) is 15.1. The van der Waals surface area contributed by atoms with Crippen LogP contribution in [-0.2, 0) is 20.1 Å². The maximum Gasteiger partial charge on any atom is 0.294 e. The molecule has 9 nitrogen and oxygen atoms in total. The van der Waals surface area contributed by atoms with Gasteiger partial charge in [-0.1, -0.05) is 6.07 Å². The Kier molecular flexibility index (Phi) is 4.48. The fourth-order valence-corrected chi connectivity index (χ4v) is 3.56. The SMILES string of the molecule is NS(=O)(=O)c1ccc(Nc2ccc3cc(S(=O)(=O)O)cc(O)c3c2)c(O)c1. The summed E-state index contributed by atoms with van der Waals surface area (Å²) in [5, 5.41) is 28.6. The number of nitrogens with one attached hydrogen (secondary N) is 1. The Labute approximate surface area is 154 Å². The molecule has 0 bridgehead atoms. The van der Waals surface area contributed by atoms with Crippen molar-refractivity contribution >= 4 is 42.3 Å². The Bertz CT molecular complexity index is 1270. The minimum Gasteiger partial charge on any atom is -0.507 e. The van der Waals surface area contributed by atoms with Crippen LogP contribution in [0.3, 0.4) is 0 Å². The lowest BCUT2D eigenvalue weighted by molar-refractivity contribution is 0.471. The van der Waals surface area contributed by atoms with E-state index < -0.39 is 25.0 Å². The topological polar surface area (TPSA) is 167 Å². The van der Waals surface area contributed by atoms with Crippen molar-refractivity contribution in [3.63, 3.8) is 0 Å². The Morgan fingerprint density at radius 3 is 2.07 bits per heavy atom. The Morgan fingerprint density at radius 1 is 0.815 bits per heavy atom. The van der Waals surface area contributed by atoms with Crippen LogP contribution >= 0.6 is 0 Å². The summed E-state index contributed by atoms with van der Waals surface area (Å²) >= 11 is 0. The van der Waals surface area contributed by atoms with Crippen LogP contribution in [0.2, 0.25) is 0 Å². The second-order valence-electron chi connectivity index (χ2n) is 5.70. The fraction of sp³-hybridized carbons (Fsp3) is 0. The van der Waals surface area contributed by atoms with E-state index in [2.05, 4.69) is 5.32 Å². The molecule has 0 saturated heterocycles. The molecule has 3 aromatic rings. The number of fused-ring (bicyclic) bond motifs is 1. The zero-order valence-electron chi connectivity index (χ0n) is 13.5. The van der Waals surface area contributed by atoms with Gasteiger partial charge in [0.05, 0.1) is 15.5 Å². The van der Waals surface area contributed by atoms with Crippen LogP contribution in [0, 0.1) is 0 Å². The van der Waals surface area contributed by atoms with Gasteiger partial charge in [-0.25, -0.2) is 13.6 Å². The third-order valence-corrected chi connectivity index (χ3v) is 5.52. The van der Waals surface area contributed by atoms with Crippen LogP contribution in [0.15, 0.2) is 58.3 Å². The second kappa shape index (κ2) is 6.39. The van der Waals surface area contributed by atoms with Crippen LogP contribution in [0.1, 0.15) is 0 Å². The molecule has 0 aliphatic carbocycles. The lowest BCUT2D eigenvalue weighted by Gasteiger charge is -2.11. The minimum absolute atomic E-state index is 0.191. The van der Waals surface area contributed by atoms with E-state index in [1.54, 1.807) is 6.07 Å². The van der Waals surface area contributed by atoms with Crippen LogP contribution in [0.4, 0.5) is 11.4 Å². The number of sulfonamides is 1. The van der Waals surface area contributed by atoms with Gasteiger partial charge in [0.1, 0.15) is 11.5 Å². The number of phenols is 2. The summed E-state index contributed by atoms with van der Waals surface area (Å²) in [6.07, 6.45) is 0.